The van der Waals surface area contributed by atoms with Gasteiger partial charge in [-0.15, -0.1) is 10.9 Å². The third-order valence-electron chi connectivity index (χ3n) is 6.93. The topological polar surface area (TPSA) is 76.0 Å². The van der Waals surface area contributed by atoms with Gasteiger partial charge in [0, 0.05) is 32.5 Å². The largest absolute Gasteiger partial charge is 0.477 e. The zero-order chi connectivity index (χ0) is 27.3. The van der Waals surface area contributed by atoms with Crippen molar-refractivity contribution in [3.8, 4) is 33.5 Å². The van der Waals surface area contributed by atoms with Crippen molar-refractivity contribution in [3.63, 3.8) is 0 Å². The summed E-state index contributed by atoms with van der Waals surface area (Å²) in [6.07, 6.45) is 7.03. The van der Waals surface area contributed by atoms with E-state index in [9.17, 15) is 4.79 Å². The molecule has 6 aromatic rings. The van der Waals surface area contributed by atoms with Crippen LogP contribution in [0.3, 0.4) is 0 Å². The molecule has 1 aliphatic rings. The Balaban J connectivity index is 0.000000291. The standard InChI is InChI=1S/C28H18BN2.C6H5NO2.Ir/c1-3-9-20(10-4-1)22-13-7-14-23(21-11-5-2-6-12-21)27(22)29-25-15-8-17-31-28(25)24-16-18-30-19-26(24)29;8-6(9)5-3-1-2-4-7-5;/h1-15,17-19H;1-4H,(H,8,9);/q-1;;. The molecule has 7 rings (SSSR count). The van der Waals surface area contributed by atoms with Crippen LogP contribution in [0.25, 0.3) is 33.5 Å². The number of carboxylic acids is 1. The second-order valence-corrected chi connectivity index (χ2v) is 9.28. The Morgan fingerprint density at radius 2 is 1.32 bits per heavy atom. The third-order valence-corrected chi connectivity index (χ3v) is 6.93. The number of carboxylic acid groups (broad SMARTS) is 1. The molecule has 0 amide bonds. The molecule has 3 aromatic carbocycles. The molecule has 0 spiro atoms. The van der Waals surface area contributed by atoms with Gasteiger partial charge in [-0.3, -0.25) is 4.98 Å². The summed E-state index contributed by atoms with van der Waals surface area (Å²) in [5.74, 6) is -0.990. The molecule has 0 saturated heterocycles. The number of rotatable bonds is 4. The van der Waals surface area contributed by atoms with Crippen LogP contribution in [0, 0.1) is 6.07 Å². The molecule has 0 aliphatic carbocycles. The summed E-state index contributed by atoms with van der Waals surface area (Å²) in [7, 11) is 0. The maximum atomic E-state index is 10.1. The van der Waals surface area contributed by atoms with E-state index in [4.69, 9.17) is 10.1 Å². The van der Waals surface area contributed by atoms with Gasteiger partial charge in [0.1, 0.15) is 5.69 Å². The van der Waals surface area contributed by atoms with Crippen LogP contribution in [0.4, 0.5) is 0 Å². The summed E-state index contributed by atoms with van der Waals surface area (Å²) >= 11 is 0. The molecule has 0 atom stereocenters. The van der Waals surface area contributed by atoms with Gasteiger partial charge < -0.3 is 10.1 Å². The number of aromatic carboxylic acids is 1. The minimum Gasteiger partial charge on any atom is -0.477 e. The minimum atomic E-state index is -0.990. The van der Waals surface area contributed by atoms with Crippen molar-refractivity contribution >= 4 is 29.1 Å². The average molecular weight is 709 g/mol. The first-order chi connectivity index (χ1) is 19.7. The average Bonchev–Trinajstić information content (AvgIpc) is 3.36. The van der Waals surface area contributed by atoms with Crippen LogP contribution in [0.1, 0.15) is 10.5 Å². The monoisotopic (exact) mass is 709 g/mol. The number of hydrogen-bond acceptors (Lipinski definition) is 4. The van der Waals surface area contributed by atoms with Gasteiger partial charge in [0.05, 0.1) is 0 Å². The molecule has 1 radical (unpaired) electrons. The van der Waals surface area contributed by atoms with Crippen molar-refractivity contribution in [1.29, 1.82) is 0 Å². The number of aromatic nitrogens is 3. The predicted molar refractivity (Wildman–Crippen MR) is 159 cm³/mol. The number of benzene rings is 3. The molecule has 7 heteroatoms. The molecule has 0 fully saturated rings. The van der Waals surface area contributed by atoms with E-state index in [-0.39, 0.29) is 32.5 Å². The van der Waals surface area contributed by atoms with E-state index in [1.165, 1.54) is 45.4 Å². The van der Waals surface area contributed by atoms with Crippen LogP contribution in [0.15, 0.2) is 134 Å². The van der Waals surface area contributed by atoms with E-state index in [2.05, 4.69) is 101 Å². The molecule has 199 valence electrons. The van der Waals surface area contributed by atoms with Crippen molar-refractivity contribution < 1.29 is 30.0 Å². The molecule has 3 aromatic heterocycles. The van der Waals surface area contributed by atoms with Crippen molar-refractivity contribution in [2.45, 2.75) is 0 Å². The maximum absolute atomic E-state index is 10.1. The summed E-state index contributed by atoms with van der Waals surface area (Å²) in [6, 6.07) is 40.2. The second-order valence-electron chi connectivity index (χ2n) is 9.28. The van der Waals surface area contributed by atoms with Crippen LogP contribution >= 0.6 is 0 Å². The zero-order valence-electron chi connectivity index (χ0n) is 21.8. The molecule has 1 aliphatic heterocycles. The molecule has 1 N–H and O–H groups in total. The fraction of sp³-hybridized carbons (Fsp3) is 0. The number of hydrogen-bond donors (Lipinski definition) is 1. The molecule has 0 bridgehead atoms. The molecule has 0 saturated carbocycles. The Kier molecular flexibility index (Phi) is 8.59. The zero-order valence-corrected chi connectivity index (χ0v) is 24.2. The Morgan fingerprint density at radius 3 is 1.90 bits per heavy atom. The summed E-state index contributed by atoms with van der Waals surface area (Å²) in [5, 5.41) is 8.32. The van der Waals surface area contributed by atoms with E-state index in [0.717, 1.165) is 16.7 Å². The Morgan fingerprint density at radius 1 is 0.683 bits per heavy atom. The van der Waals surface area contributed by atoms with Crippen LogP contribution in [-0.2, 0) is 20.1 Å². The predicted octanol–water partition coefficient (Wildman–Crippen LogP) is 4.88. The molecule has 4 heterocycles. The minimum absolute atomic E-state index is 0. The quantitative estimate of drug-likeness (QED) is 0.209. The van der Waals surface area contributed by atoms with Gasteiger partial charge in [0.15, 0.2) is 6.71 Å². The molecule has 0 unspecified atom stereocenters. The van der Waals surface area contributed by atoms with E-state index in [1.807, 2.05) is 18.5 Å². The van der Waals surface area contributed by atoms with Gasteiger partial charge in [-0.05, 0) is 58.5 Å². The molecular formula is C34H23BIrN3O2-. The van der Waals surface area contributed by atoms with Crippen LogP contribution in [-0.4, -0.2) is 32.7 Å². The van der Waals surface area contributed by atoms with Gasteiger partial charge in [0.25, 0.3) is 0 Å². The first-order valence-electron chi connectivity index (χ1n) is 12.9. The molecule has 41 heavy (non-hydrogen) atoms. The van der Waals surface area contributed by atoms with Crippen molar-refractivity contribution in [1.82, 2.24) is 15.0 Å². The van der Waals surface area contributed by atoms with E-state index >= 15 is 0 Å². The van der Waals surface area contributed by atoms with Crippen LogP contribution in [0.5, 0.6) is 0 Å². The molecule has 5 nitrogen and oxygen atoms in total. The van der Waals surface area contributed by atoms with Crippen LogP contribution in [0.2, 0.25) is 0 Å². The second kappa shape index (κ2) is 12.6. The molecular weight excluding hydrogens is 685 g/mol. The van der Waals surface area contributed by atoms with Crippen molar-refractivity contribution in [2.75, 3.05) is 0 Å². The number of nitrogens with zero attached hydrogens (tertiary/aromatic N) is 3. The summed E-state index contributed by atoms with van der Waals surface area (Å²) in [4.78, 5) is 22.9. The number of carbonyl (C=O) groups is 1. The summed E-state index contributed by atoms with van der Waals surface area (Å²) in [6.45, 7) is 0.0512. The van der Waals surface area contributed by atoms with Crippen LogP contribution < -0.4 is 16.4 Å². The van der Waals surface area contributed by atoms with E-state index < -0.39 is 5.97 Å². The SMILES string of the molecule is O=C(O)c1ccccn1.[Ir].[c-]1cncc2c1-c1ncccc1B2c1c(-c2ccccc2)cccc1-c1ccccc1. The first-order valence-corrected chi connectivity index (χ1v) is 12.9. The van der Waals surface area contributed by atoms with Gasteiger partial charge in [-0.2, -0.15) is 11.6 Å². The van der Waals surface area contributed by atoms with Crippen molar-refractivity contribution in [3.05, 3.63) is 146 Å². The normalized spacial score (nSPS) is 10.9. The van der Waals surface area contributed by atoms with Gasteiger partial charge in [0.2, 0.25) is 0 Å². The number of pyridine rings is 3. The summed E-state index contributed by atoms with van der Waals surface area (Å²) in [5.41, 5.74) is 10.7. The Labute approximate surface area is 252 Å². The van der Waals surface area contributed by atoms with Gasteiger partial charge in [-0.25, -0.2) is 9.78 Å². The fourth-order valence-corrected chi connectivity index (χ4v) is 5.23. The van der Waals surface area contributed by atoms with Crippen molar-refractivity contribution in [2.24, 2.45) is 0 Å². The van der Waals surface area contributed by atoms with E-state index in [1.54, 1.807) is 18.3 Å². The fourth-order valence-electron chi connectivity index (χ4n) is 5.23. The Bertz CT molecular complexity index is 1680. The maximum Gasteiger partial charge on any atom is 0.354 e. The third kappa shape index (κ3) is 5.64. The van der Waals surface area contributed by atoms with Gasteiger partial charge in [-0.1, -0.05) is 96.5 Å². The smallest absolute Gasteiger partial charge is 0.354 e. The first kappa shape index (κ1) is 27.8. The number of fused-ring (bicyclic) bond motifs is 3. The summed E-state index contributed by atoms with van der Waals surface area (Å²) < 4.78 is 0. The van der Waals surface area contributed by atoms with E-state index in [0.29, 0.717) is 0 Å². The Hall–Kier alpha value is -4.71. The van der Waals surface area contributed by atoms with Gasteiger partial charge >= 0.3 is 5.97 Å².